The van der Waals surface area contributed by atoms with Crippen LogP contribution in [0.15, 0.2) is 24.3 Å². The monoisotopic (exact) mass is 432 g/mol. The van der Waals surface area contributed by atoms with Gasteiger partial charge in [0.05, 0.1) is 20.6 Å². The molecule has 0 aliphatic carbocycles. The van der Waals surface area contributed by atoms with Crippen LogP contribution in [0.2, 0.25) is 0 Å². The predicted molar refractivity (Wildman–Crippen MR) is 138 cm³/mol. The lowest BCUT2D eigenvalue weighted by Gasteiger charge is -2.46. The van der Waals surface area contributed by atoms with Gasteiger partial charge in [0.25, 0.3) is 0 Å². The minimum absolute atomic E-state index is 0.0440. The lowest BCUT2D eigenvalue weighted by Crippen LogP contribution is -2.54. The molecule has 0 saturated heterocycles. The SMILES string of the molecule is CCCCCCCCCCCCCCCC[N+](C)(C)C(C)(C)c1ccccc1CCO. The number of aliphatic hydroxyl groups is 1. The summed E-state index contributed by atoms with van der Waals surface area (Å²) in [5, 5.41) is 9.45. The fourth-order valence-electron chi connectivity index (χ4n) is 4.76. The second kappa shape index (κ2) is 15.9. The Morgan fingerprint density at radius 2 is 1.16 bits per heavy atom. The molecule has 1 aromatic rings. The van der Waals surface area contributed by atoms with Gasteiger partial charge in [0.15, 0.2) is 0 Å². The Balaban J connectivity index is 2.20. The molecule has 0 saturated carbocycles. The Morgan fingerprint density at radius 1 is 0.710 bits per heavy atom. The van der Waals surface area contributed by atoms with Crippen molar-refractivity contribution in [3.63, 3.8) is 0 Å². The molecule has 31 heavy (non-hydrogen) atoms. The Morgan fingerprint density at radius 3 is 1.65 bits per heavy atom. The first kappa shape index (κ1) is 28.2. The van der Waals surface area contributed by atoms with E-state index in [2.05, 4.69) is 59.1 Å². The minimum atomic E-state index is 0.0440. The second-order valence-electron chi connectivity index (χ2n) is 10.7. The molecule has 0 heterocycles. The van der Waals surface area contributed by atoms with Crippen LogP contribution in [-0.2, 0) is 12.0 Å². The van der Waals surface area contributed by atoms with Crippen molar-refractivity contribution in [3.05, 3.63) is 35.4 Å². The van der Waals surface area contributed by atoms with Crippen LogP contribution in [0, 0.1) is 0 Å². The molecule has 1 rings (SSSR count). The summed E-state index contributed by atoms with van der Waals surface area (Å²) < 4.78 is 0.994. The van der Waals surface area contributed by atoms with Crippen LogP contribution >= 0.6 is 0 Å². The number of rotatable bonds is 19. The molecule has 0 aliphatic rings. The first-order valence-corrected chi connectivity index (χ1v) is 13.4. The zero-order valence-corrected chi connectivity index (χ0v) is 21.7. The van der Waals surface area contributed by atoms with Gasteiger partial charge in [-0.3, -0.25) is 0 Å². The molecule has 0 aromatic heterocycles. The van der Waals surface area contributed by atoms with E-state index in [1.807, 2.05) is 0 Å². The quantitative estimate of drug-likeness (QED) is 0.173. The van der Waals surface area contributed by atoms with Gasteiger partial charge < -0.3 is 9.59 Å². The standard InChI is InChI=1S/C29H54NO/c1-6-7-8-9-10-11-12-13-14-15-16-17-18-21-25-30(4,5)29(2,3)28-23-20-19-22-27(28)24-26-31/h19-20,22-23,31H,6-18,21,24-26H2,1-5H3/q+1. The Kier molecular flexibility index (Phi) is 14.4. The largest absolute Gasteiger partial charge is 0.396 e. The number of unbranched alkanes of at least 4 members (excludes halogenated alkanes) is 13. The zero-order valence-electron chi connectivity index (χ0n) is 21.7. The molecular weight excluding hydrogens is 378 g/mol. The molecule has 0 atom stereocenters. The summed E-state index contributed by atoms with van der Waals surface area (Å²) in [6, 6.07) is 8.68. The van der Waals surface area contributed by atoms with E-state index in [4.69, 9.17) is 0 Å². The van der Waals surface area contributed by atoms with Crippen LogP contribution in [0.1, 0.15) is 122 Å². The Labute approximate surface area is 195 Å². The second-order valence-corrected chi connectivity index (χ2v) is 10.7. The van der Waals surface area contributed by atoms with E-state index in [0.717, 1.165) is 10.9 Å². The summed E-state index contributed by atoms with van der Waals surface area (Å²) >= 11 is 0. The van der Waals surface area contributed by atoms with Crippen LogP contribution in [0.3, 0.4) is 0 Å². The van der Waals surface area contributed by atoms with Crippen molar-refractivity contribution in [1.82, 2.24) is 0 Å². The number of hydrogen-bond donors (Lipinski definition) is 1. The van der Waals surface area contributed by atoms with Crippen molar-refractivity contribution in [2.45, 2.75) is 123 Å². The molecule has 180 valence electrons. The summed E-state index contributed by atoms with van der Waals surface area (Å²) in [5.74, 6) is 0. The molecule has 2 heteroatoms. The third-order valence-electron chi connectivity index (χ3n) is 7.64. The lowest BCUT2D eigenvalue weighted by atomic mass is 9.85. The van der Waals surface area contributed by atoms with Gasteiger partial charge in [-0.25, -0.2) is 0 Å². The molecule has 0 aliphatic heterocycles. The normalized spacial score (nSPS) is 12.5. The molecule has 0 spiro atoms. The van der Waals surface area contributed by atoms with E-state index < -0.39 is 0 Å². The maximum Gasteiger partial charge on any atom is 0.119 e. The van der Waals surface area contributed by atoms with Gasteiger partial charge >= 0.3 is 0 Å². The molecule has 1 aromatic carbocycles. The number of hydrogen-bond acceptors (Lipinski definition) is 1. The van der Waals surface area contributed by atoms with Crippen molar-refractivity contribution in [1.29, 1.82) is 0 Å². The van der Waals surface area contributed by atoms with Crippen molar-refractivity contribution < 1.29 is 9.59 Å². The summed E-state index contributed by atoms with van der Waals surface area (Å²) in [7, 11) is 4.75. The Bertz CT molecular complexity index is 564. The summed E-state index contributed by atoms with van der Waals surface area (Å²) in [5.41, 5.74) is 2.73. The van der Waals surface area contributed by atoms with Gasteiger partial charge in [-0.2, -0.15) is 0 Å². The average Bonchev–Trinajstić information content (AvgIpc) is 2.74. The van der Waals surface area contributed by atoms with Gasteiger partial charge in [-0.1, -0.05) is 108 Å². The van der Waals surface area contributed by atoms with Crippen molar-refractivity contribution in [2.75, 3.05) is 27.2 Å². The van der Waals surface area contributed by atoms with Gasteiger partial charge in [0.1, 0.15) is 5.54 Å². The van der Waals surface area contributed by atoms with Crippen LogP contribution in [0.4, 0.5) is 0 Å². The molecule has 1 N–H and O–H groups in total. The van der Waals surface area contributed by atoms with Crippen molar-refractivity contribution in [2.24, 2.45) is 0 Å². The average molecular weight is 433 g/mol. The number of quaternary nitrogens is 1. The maximum atomic E-state index is 9.45. The molecule has 2 nitrogen and oxygen atoms in total. The van der Waals surface area contributed by atoms with Crippen LogP contribution in [0.5, 0.6) is 0 Å². The lowest BCUT2D eigenvalue weighted by molar-refractivity contribution is -0.945. The third-order valence-corrected chi connectivity index (χ3v) is 7.64. The van der Waals surface area contributed by atoms with Crippen LogP contribution < -0.4 is 0 Å². The highest BCUT2D eigenvalue weighted by atomic mass is 16.2. The van der Waals surface area contributed by atoms with E-state index in [0.29, 0.717) is 0 Å². The van der Waals surface area contributed by atoms with E-state index >= 15 is 0 Å². The highest BCUT2D eigenvalue weighted by molar-refractivity contribution is 5.31. The number of benzene rings is 1. The fourth-order valence-corrected chi connectivity index (χ4v) is 4.76. The van der Waals surface area contributed by atoms with E-state index in [1.165, 1.54) is 108 Å². The first-order chi connectivity index (χ1) is 14.9. The van der Waals surface area contributed by atoms with Crippen LogP contribution in [0.25, 0.3) is 0 Å². The molecule has 0 amide bonds. The minimum Gasteiger partial charge on any atom is -0.396 e. The van der Waals surface area contributed by atoms with Crippen LogP contribution in [-0.4, -0.2) is 36.8 Å². The summed E-state index contributed by atoms with van der Waals surface area (Å²) in [6.45, 7) is 8.46. The fraction of sp³-hybridized carbons (Fsp3) is 0.793. The summed E-state index contributed by atoms with van der Waals surface area (Å²) in [4.78, 5) is 0. The van der Waals surface area contributed by atoms with E-state index in [9.17, 15) is 5.11 Å². The topological polar surface area (TPSA) is 20.2 Å². The number of nitrogens with zero attached hydrogens (tertiary/aromatic N) is 1. The molecule has 0 fully saturated rings. The van der Waals surface area contributed by atoms with Crippen molar-refractivity contribution >= 4 is 0 Å². The highest BCUT2D eigenvalue weighted by Crippen LogP contribution is 2.34. The zero-order chi connectivity index (χ0) is 23.0. The number of aliphatic hydroxyl groups excluding tert-OH is 1. The molecule has 0 radical (unpaired) electrons. The van der Waals surface area contributed by atoms with Gasteiger partial charge in [-0.05, 0) is 38.7 Å². The van der Waals surface area contributed by atoms with E-state index in [1.54, 1.807) is 0 Å². The predicted octanol–water partition coefficient (Wildman–Crippen LogP) is 8.01. The Hall–Kier alpha value is -0.860. The molecule has 0 unspecified atom stereocenters. The first-order valence-electron chi connectivity index (χ1n) is 13.4. The van der Waals surface area contributed by atoms with Gasteiger partial charge in [0, 0.05) is 12.2 Å². The van der Waals surface area contributed by atoms with E-state index in [-0.39, 0.29) is 12.1 Å². The smallest absolute Gasteiger partial charge is 0.119 e. The van der Waals surface area contributed by atoms with Crippen molar-refractivity contribution in [3.8, 4) is 0 Å². The van der Waals surface area contributed by atoms with Gasteiger partial charge in [-0.15, -0.1) is 0 Å². The molecular formula is C29H54NO+. The van der Waals surface area contributed by atoms with Gasteiger partial charge in [0.2, 0.25) is 0 Å². The maximum absolute atomic E-state index is 9.45. The highest BCUT2D eigenvalue weighted by Gasteiger charge is 2.38. The summed E-state index contributed by atoms with van der Waals surface area (Å²) in [6.07, 6.45) is 20.5. The molecule has 0 bridgehead atoms. The third kappa shape index (κ3) is 10.5.